The van der Waals surface area contributed by atoms with E-state index in [2.05, 4.69) is 0 Å². The summed E-state index contributed by atoms with van der Waals surface area (Å²) in [5, 5.41) is 28.8. The van der Waals surface area contributed by atoms with Crippen molar-refractivity contribution in [3.05, 3.63) is 0 Å². The van der Waals surface area contributed by atoms with Gasteiger partial charge in [-0.2, -0.15) is 0 Å². The Kier molecular flexibility index (Phi) is 20.9. The van der Waals surface area contributed by atoms with E-state index in [1.165, 1.54) is 0 Å². The summed E-state index contributed by atoms with van der Waals surface area (Å²) in [5.74, 6) is -4.00. The molecule has 0 aliphatic rings. The van der Waals surface area contributed by atoms with Gasteiger partial charge in [-0.15, -0.1) is 0 Å². The molecule has 0 unspecified atom stereocenters. The summed E-state index contributed by atoms with van der Waals surface area (Å²) in [6, 6.07) is 0. The molecule has 6 nitrogen and oxygen atoms in total. The van der Waals surface area contributed by atoms with E-state index in [1.807, 2.05) is 0 Å². The van der Waals surface area contributed by atoms with Crippen molar-refractivity contribution >= 4 is 17.9 Å². The molecule has 0 saturated carbocycles. The number of carbonyl (C=O) groups excluding carboxylic acids is 3. The van der Waals surface area contributed by atoms with Crippen molar-refractivity contribution in [2.45, 2.75) is 41.5 Å². The van der Waals surface area contributed by atoms with Gasteiger partial charge in [-0.25, -0.2) is 0 Å². The number of carbonyl (C=O) groups is 3. The van der Waals surface area contributed by atoms with Crippen molar-refractivity contribution in [3.63, 3.8) is 0 Å². The Morgan fingerprint density at radius 2 is 0.632 bits per heavy atom. The van der Waals surface area contributed by atoms with E-state index >= 15 is 0 Å². The molecule has 0 heterocycles. The van der Waals surface area contributed by atoms with Crippen LogP contribution in [0.4, 0.5) is 0 Å². The Hall–Kier alpha value is -1.07. The summed E-state index contributed by atoms with van der Waals surface area (Å²) in [7, 11) is 0. The fraction of sp³-hybridized carbons (Fsp3) is 0.750. The normalized spacial score (nSPS) is 8.68. The zero-order valence-electron chi connectivity index (χ0n) is 12.1. The molecule has 0 saturated heterocycles. The second-order valence-electron chi connectivity index (χ2n) is 4.42. The molecule has 0 spiro atoms. The average molecular weight is 316 g/mol. The molecule has 0 fully saturated rings. The van der Waals surface area contributed by atoms with E-state index in [0.717, 1.165) is 0 Å². The Labute approximate surface area is 124 Å². The zero-order chi connectivity index (χ0) is 15.5. The molecule has 7 heteroatoms. The Morgan fingerprint density at radius 3 is 0.632 bits per heavy atom. The fourth-order valence-corrected chi connectivity index (χ4v) is 0. The van der Waals surface area contributed by atoms with Crippen LogP contribution in [0.15, 0.2) is 0 Å². The van der Waals surface area contributed by atoms with Crippen molar-refractivity contribution in [1.82, 2.24) is 0 Å². The van der Waals surface area contributed by atoms with Gasteiger partial charge in [0.05, 0.1) is 0 Å². The summed E-state index contributed by atoms with van der Waals surface area (Å²) >= 11 is 0. The summed E-state index contributed by atoms with van der Waals surface area (Å²) < 4.78 is 0. The van der Waals surface area contributed by atoms with Gasteiger partial charge in [0.1, 0.15) is 0 Å². The standard InChI is InChI=1S/3C4H8O2.Mn/c3*1-3(2)4(5)6;/h3*3H,1-2H3,(H,5,6);/q;;;+3/p-3. The van der Waals surface area contributed by atoms with Crippen LogP contribution in [0.1, 0.15) is 41.5 Å². The number of carboxylic acid groups (broad SMARTS) is 3. The van der Waals surface area contributed by atoms with Crippen LogP contribution in [0.25, 0.3) is 0 Å². The van der Waals surface area contributed by atoms with Crippen molar-refractivity contribution in [2.75, 3.05) is 0 Å². The Morgan fingerprint density at radius 1 is 0.579 bits per heavy atom. The topological polar surface area (TPSA) is 120 Å². The van der Waals surface area contributed by atoms with Crippen LogP contribution in [0.5, 0.6) is 0 Å². The molecule has 0 aromatic carbocycles. The molecule has 0 aliphatic heterocycles. The average Bonchev–Trinajstić information content (AvgIpc) is 2.18. The van der Waals surface area contributed by atoms with E-state index in [9.17, 15) is 29.7 Å². The number of aliphatic carboxylic acids is 3. The zero-order valence-corrected chi connectivity index (χ0v) is 13.2. The molecule has 0 bridgehead atoms. The SMILES string of the molecule is CC(C)C(=O)[O-].CC(C)C(=O)[O-].CC(C)C(=O)[O-].[Mn+3]. The number of hydrogen-bond acceptors (Lipinski definition) is 6. The van der Waals surface area contributed by atoms with Crippen molar-refractivity contribution in [1.29, 1.82) is 0 Å². The van der Waals surface area contributed by atoms with Gasteiger partial charge in [0.2, 0.25) is 0 Å². The number of carboxylic acids is 3. The number of hydrogen-bond donors (Lipinski definition) is 0. The molecule has 0 atom stereocenters. The summed E-state index contributed by atoms with van der Waals surface area (Å²) in [4.78, 5) is 28.8. The first kappa shape index (κ1) is 26.5. The maximum absolute atomic E-state index is 9.59. The van der Waals surface area contributed by atoms with Crippen LogP contribution in [-0.2, 0) is 31.5 Å². The monoisotopic (exact) mass is 316 g/mol. The van der Waals surface area contributed by atoms with E-state index in [1.54, 1.807) is 41.5 Å². The second kappa shape index (κ2) is 15.0. The van der Waals surface area contributed by atoms with Crippen molar-refractivity contribution < 1.29 is 46.8 Å². The Balaban J connectivity index is -0.0000000865. The molecule has 0 radical (unpaired) electrons. The van der Waals surface area contributed by atoms with Crippen molar-refractivity contribution in [3.8, 4) is 0 Å². The molecule has 0 rings (SSSR count). The van der Waals surface area contributed by atoms with E-state index in [4.69, 9.17) is 0 Å². The van der Waals surface area contributed by atoms with Gasteiger partial charge < -0.3 is 29.7 Å². The minimum atomic E-state index is -0.991. The van der Waals surface area contributed by atoms with Crippen molar-refractivity contribution in [2.24, 2.45) is 17.8 Å². The maximum Gasteiger partial charge on any atom is 3.00 e. The third-order valence-corrected chi connectivity index (χ3v) is 1.41. The van der Waals surface area contributed by atoms with Gasteiger partial charge in [-0.05, 0) is 17.8 Å². The predicted octanol–water partition coefficient (Wildman–Crippen LogP) is -1.83. The molecule has 19 heavy (non-hydrogen) atoms. The number of rotatable bonds is 3. The molecule has 0 aromatic rings. The molecular formula is C12H21MnO6. The van der Waals surface area contributed by atoms with Crippen LogP contribution in [0, 0.1) is 17.8 Å². The van der Waals surface area contributed by atoms with Gasteiger partial charge in [0, 0.05) is 17.9 Å². The fourth-order valence-electron chi connectivity index (χ4n) is 0. The maximum atomic E-state index is 9.59. The summed E-state index contributed by atoms with van der Waals surface area (Å²) in [6.07, 6.45) is 0. The third kappa shape index (κ3) is 31.6. The smallest absolute Gasteiger partial charge is 0.550 e. The van der Waals surface area contributed by atoms with Gasteiger partial charge in [-0.3, -0.25) is 0 Å². The van der Waals surface area contributed by atoms with Crippen LogP contribution in [0.3, 0.4) is 0 Å². The largest absolute Gasteiger partial charge is 3.00 e. The van der Waals surface area contributed by atoms with Gasteiger partial charge in [0.25, 0.3) is 0 Å². The van der Waals surface area contributed by atoms with E-state index < -0.39 is 17.9 Å². The van der Waals surface area contributed by atoms with E-state index in [0.29, 0.717) is 0 Å². The first-order chi connectivity index (χ1) is 7.93. The molecule has 0 aliphatic carbocycles. The van der Waals surface area contributed by atoms with Crippen LogP contribution >= 0.6 is 0 Å². The minimum Gasteiger partial charge on any atom is -0.550 e. The molecule has 0 amide bonds. The van der Waals surface area contributed by atoms with Gasteiger partial charge in [-0.1, -0.05) is 41.5 Å². The predicted molar refractivity (Wildman–Crippen MR) is 59.5 cm³/mol. The molecule has 0 aromatic heterocycles. The first-order valence-corrected chi connectivity index (χ1v) is 5.55. The molecule has 0 N–H and O–H groups in total. The van der Waals surface area contributed by atoms with Crippen LogP contribution in [0.2, 0.25) is 0 Å². The molecule has 112 valence electrons. The molecular weight excluding hydrogens is 295 g/mol. The quantitative estimate of drug-likeness (QED) is 0.565. The summed E-state index contributed by atoms with van der Waals surface area (Å²) in [5.41, 5.74) is 0. The second-order valence-corrected chi connectivity index (χ2v) is 4.42. The third-order valence-electron chi connectivity index (χ3n) is 1.41. The van der Waals surface area contributed by atoms with Crippen LogP contribution in [-0.4, -0.2) is 17.9 Å². The van der Waals surface area contributed by atoms with Gasteiger partial charge in [0.15, 0.2) is 0 Å². The van der Waals surface area contributed by atoms with E-state index in [-0.39, 0.29) is 34.8 Å². The minimum absolute atomic E-state index is 0. The summed E-state index contributed by atoms with van der Waals surface area (Å²) in [6.45, 7) is 9.47. The van der Waals surface area contributed by atoms with Crippen LogP contribution < -0.4 is 15.3 Å². The first-order valence-electron chi connectivity index (χ1n) is 5.55. The van der Waals surface area contributed by atoms with Gasteiger partial charge >= 0.3 is 17.1 Å². The Bertz CT molecular complexity index is 218.